The molecule has 0 aliphatic heterocycles. The second kappa shape index (κ2) is 2.48. The summed E-state index contributed by atoms with van der Waals surface area (Å²) >= 11 is 0. The normalized spacial score (nSPS) is 51.5. The van der Waals surface area contributed by atoms with Crippen LogP contribution in [0.2, 0.25) is 0 Å². The molecule has 5 unspecified atom stereocenters. The first-order valence-electron chi connectivity index (χ1n) is 4.95. The molecule has 0 amide bonds. The highest BCUT2D eigenvalue weighted by molar-refractivity contribution is 4.99. The van der Waals surface area contributed by atoms with E-state index in [0.29, 0.717) is 6.04 Å². The van der Waals surface area contributed by atoms with Gasteiger partial charge in [-0.3, -0.25) is 0 Å². The zero-order valence-electron chi connectivity index (χ0n) is 7.59. The summed E-state index contributed by atoms with van der Waals surface area (Å²) in [5.41, 5.74) is 5.97. The Morgan fingerprint density at radius 3 is 2.64 bits per heavy atom. The maximum Gasteiger partial charge on any atom is 0.00440 e. The van der Waals surface area contributed by atoms with E-state index in [1.54, 1.807) is 0 Å². The lowest BCUT2D eigenvalue weighted by Crippen LogP contribution is -2.35. The van der Waals surface area contributed by atoms with E-state index in [4.69, 9.17) is 5.73 Å². The van der Waals surface area contributed by atoms with E-state index in [9.17, 15) is 0 Å². The molecule has 1 heteroatoms. The number of rotatable bonds is 1. The maximum absolute atomic E-state index is 5.97. The van der Waals surface area contributed by atoms with Gasteiger partial charge in [0.1, 0.15) is 0 Å². The van der Waals surface area contributed by atoms with E-state index in [1.165, 1.54) is 19.3 Å². The van der Waals surface area contributed by atoms with Crippen molar-refractivity contribution in [1.82, 2.24) is 0 Å². The van der Waals surface area contributed by atoms with Crippen LogP contribution in [0.5, 0.6) is 0 Å². The van der Waals surface area contributed by atoms with Crippen LogP contribution >= 0.6 is 0 Å². The molecule has 0 heterocycles. The number of fused-ring (bicyclic) bond motifs is 1. The Morgan fingerprint density at radius 1 is 1.36 bits per heavy atom. The summed E-state index contributed by atoms with van der Waals surface area (Å²) in [4.78, 5) is 0. The smallest absolute Gasteiger partial charge is 0.00440 e. The predicted octanol–water partition coefficient (Wildman–Crippen LogP) is 2.02. The molecule has 11 heavy (non-hydrogen) atoms. The Kier molecular flexibility index (Phi) is 1.71. The first kappa shape index (κ1) is 7.60. The Bertz CT molecular complexity index is 151. The van der Waals surface area contributed by atoms with Crippen LogP contribution in [0.15, 0.2) is 0 Å². The van der Waals surface area contributed by atoms with Crippen molar-refractivity contribution in [1.29, 1.82) is 0 Å². The van der Waals surface area contributed by atoms with Crippen molar-refractivity contribution in [2.75, 3.05) is 0 Å². The average Bonchev–Trinajstić information content (AvgIpc) is 2.64. The van der Waals surface area contributed by atoms with Gasteiger partial charge in [-0.05, 0) is 43.4 Å². The van der Waals surface area contributed by atoms with Gasteiger partial charge in [-0.2, -0.15) is 0 Å². The summed E-state index contributed by atoms with van der Waals surface area (Å²) in [5, 5.41) is 0. The highest BCUT2D eigenvalue weighted by Crippen LogP contribution is 2.55. The van der Waals surface area contributed by atoms with Crippen molar-refractivity contribution in [3.63, 3.8) is 0 Å². The van der Waals surface area contributed by atoms with Gasteiger partial charge in [0, 0.05) is 6.04 Å². The van der Waals surface area contributed by atoms with Gasteiger partial charge in [0.2, 0.25) is 0 Å². The minimum atomic E-state index is 0.431. The van der Waals surface area contributed by atoms with E-state index in [2.05, 4.69) is 13.8 Å². The zero-order chi connectivity index (χ0) is 8.01. The van der Waals surface area contributed by atoms with Crippen molar-refractivity contribution >= 4 is 0 Å². The summed E-state index contributed by atoms with van der Waals surface area (Å²) in [6.07, 6.45) is 4.39. The summed E-state index contributed by atoms with van der Waals surface area (Å²) in [6.45, 7) is 4.56. The Labute approximate surface area is 69.4 Å². The van der Waals surface area contributed by atoms with Crippen molar-refractivity contribution in [2.45, 2.75) is 39.2 Å². The molecule has 0 radical (unpaired) electrons. The third-order valence-corrected chi connectivity index (χ3v) is 3.73. The van der Waals surface area contributed by atoms with E-state index in [0.717, 1.165) is 23.7 Å². The molecule has 2 saturated carbocycles. The van der Waals surface area contributed by atoms with Crippen molar-refractivity contribution in [3.8, 4) is 0 Å². The van der Waals surface area contributed by atoms with Gasteiger partial charge in [0.25, 0.3) is 0 Å². The summed E-state index contributed by atoms with van der Waals surface area (Å²) in [7, 11) is 0. The standard InChI is InChI=1S/C10H19N/c1-6-3-4-8-5-9(8)10(6)7(2)11/h6-10H,3-5,11H2,1-2H3. The molecule has 2 fully saturated rings. The van der Waals surface area contributed by atoms with Gasteiger partial charge >= 0.3 is 0 Å². The molecule has 0 saturated heterocycles. The van der Waals surface area contributed by atoms with E-state index in [-0.39, 0.29) is 0 Å². The molecule has 0 spiro atoms. The molecule has 0 bridgehead atoms. The van der Waals surface area contributed by atoms with E-state index >= 15 is 0 Å². The summed E-state index contributed by atoms with van der Waals surface area (Å²) < 4.78 is 0. The zero-order valence-corrected chi connectivity index (χ0v) is 7.59. The monoisotopic (exact) mass is 153 g/mol. The van der Waals surface area contributed by atoms with Crippen LogP contribution in [0, 0.1) is 23.7 Å². The Balaban J connectivity index is 2.04. The van der Waals surface area contributed by atoms with Crippen LogP contribution in [0.1, 0.15) is 33.1 Å². The van der Waals surface area contributed by atoms with Crippen molar-refractivity contribution < 1.29 is 0 Å². The van der Waals surface area contributed by atoms with E-state index < -0.39 is 0 Å². The van der Waals surface area contributed by atoms with Crippen LogP contribution in [0.25, 0.3) is 0 Å². The fraction of sp³-hybridized carbons (Fsp3) is 1.00. The molecule has 64 valence electrons. The number of nitrogens with two attached hydrogens (primary N) is 1. The van der Waals surface area contributed by atoms with Gasteiger partial charge in [-0.25, -0.2) is 0 Å². The molecule has 0 aromatic heterocycles. The molecular formula is C10H19N. The lowest BCUT2D eigenvalue weighted by atomic mass is 9.77. The third-order valence-electron chi connectivity index (χ3n) is 3.73. The summed E-state index contributed by atoms with van der Waals surface area (Å²) in [6, 6.07) is 0.431. The largest absolute Gasteiger partial charge is 0.328 e. The maximum atomic E-state index is 5.97. The van der Waals surface area contributed by atoms with Crippen LogP contribution in [0.4, 0.5) is 0 Å². The molecule has 2 N–H and O–H groups in total. The van der Waals surface area contributed by atoms with E-state index in [1.807, 2.05) is 0 Å². The van der Waals surface area contributed by atoms with Crippen LogP contribution < -0.4 is 5.73 Å². The molecule has 0 aromatic rings. The topological polar surface area (TPSA) is 26.0 Å². The fourth-order valence-corrected chi connectivity index (χ4v) is 3.07. The second-order valence-electron chi connectivity index (χ2n) is 4.65. The van der Waals surface area contributed by atoms with Crippen LogP contribution in [-0.4, -0.2) is 6.04 Å². The highest BCUT2D eigenvalue weighted by Gasteiger charge is 2.48. The summed E-state index contributed by atoms with van der Waals surface area (Å²) in [5.74, 6) is 3.81. The SMILES string of the molecule is CC(N)C1C(C)CCC2CC21. The van der Waals surface area contributed by atoms with Gasteiger partial charge in [0.15, 0.2) is 0 Å². The molecule has 2 aliphatic carbocycles. The first-order valence-corrected chi connectivity index (χ1v) is 4.95. The lowest BCUT2D eigenvalue weighted by Gasteiger charge is -2.31. The Hall–Kier alpha value is -0.0400. The van der Waals surface area contributed by atoms with Crippen LogP contribution in [-0.2, 0) is 0 Å². The fourth-order valence-electron chi connectivity index (χ4n) is 3.07. The van der Waals surface area contributed by atoms with Crippen molar-refractivity contribution in [2.24, 2.45) is 29.4 Å². The first-order chi connectivity index (χ1) is 5.20. The molecule has 0 aromatic carbocycles. The Morgan fingerprint density at radius 2 is 2.09 bits per heavy atom. The molecule has 1 nitrogen and oxygen atoms in total. The average molecular weight is 153 g/mol. The predicted molar refractivity (Wildman–Crippen MR) is 47.1 cm³/mol. The molecular weight excluding hydrogens is 134 g/mol. The quantitative estimate of drug-likeness (QED) is 0.612. The molecule has 5 atom stereocenters. The lowest BCUT2D eigenvalue weighted by molar-refractivity contribution is 0.208. The molecule has 2 aliphatic rings. The van der Waals surface area contributed by atoms with Crippen LogP contribution in [0.3, 0.4) is 0 Å². The second-order valence-corrected chi connectivity index (χ2v) is 4.65. The van der Waals surface area contributed by atoms with Gasteiger partial charge in [-0.15, -0.1) is 0 Å². The van der Waals surface area contributed by atoms with Crippen molar-refractivity contribution in [3.05, 3.63) is 0 Å². The van der Waals surface area contributed by atoms with Gasteiger partial charge < -0.3 is 5.73 Å². The van der Waals surface area contributed by atoms with Gasteiger partial charge in [-0.1, -0.05) is 13.3 Å². The van der Waals surface area contributed by atoms with Gasteiger partial charge in [0.05, 0.1) is 0 Å². The highest BCUT2D eigenvalue weighted by atomic mass is 14.7. The molecule has 2 rings (SSSR count). The third kappa shape index (κ3) is 1.20. The number of hydrogen-bond acceptors (Lipinski definition) is 1. The number of hydrogen-bond donors (Lipinski definition) is 1. The minimum absolute atomic E-state index is 0.431. The minimum Gasteiger partial charge on any atom is -0.328 e.